The number of benzene rings is 1. The van der Waals surface area contributed by atoms with Gasteiger partial charge in [0.2, 0.25) is 5.78 Å². The lowest BCUT2D eigenvalue weighted by Crippen LogP contribution is -2.47. The molecule has 0 spiro atoms. The predicted molar refractivity (Wildman–Crippen MR) is 64.7 cm³/mol. The highest BCUT2D eigenvalue weighted by Gasteiger charge is 2.45. The molecule has 98 valence electrons. The number of hydrogen-bond acceptors (Lipinski definition) is 5. The second-order valence-electron chi connectivity index (χ2n) is 4.71. The molecule has 0 saturated carbocycles. The molecule has 1 heterocycles. The molecular formula is C14H12O5. The summed E-state index contributed by atoms with van der Waals surface area (Å²) < 4.78 is 5.31. The lowest BCUT2D eigenvalue weighted by Gasteiger charge is -2.35. The van der Waals surface area contributed by atoms with Gasteiger partial charge in [0, 0.05) is 11.1 Å². The van der Waals surface area contributed by atoms with Crippen LogP contribution in [-0.4, -0.2) is 40.1 Å². The predicted octanol–water partition coefficient (Wildman–Crippen LogP) is 0.460. The fourth-order valence-electron chi connectivity index (χ4n) is 2.44. The largest absolute Gasteiger partial charge is 0.483 e. The molecule has 1 aliphatic carbocycles. The van der Waals surface area contributed by atoms with Crippen molar-refractivity contribution in [2.75, 3.05) is 0 Å². The summed E-state index contributed by atoms with van der Waals surface area (Å²) in [7, 11) is 0. The first-order valence-electron chi connectivity index (χ1n) is 5.97. The summed E-state index contributed by atoms with van der Waals surface area (Å²) in [6, 6.07) is 6.37. The summed E-state index contributed by atoms with van der Waals surface area (Å²) in [6.07, 6.45) is -3.36. The van der Waals surface area contributed by atoms with E-state index in [-0.39, 0.29) is 22.5 Å². The van der Waals surface area contributed by atoms with Crippen molar-refractivity contribution in [3.8, 4) is 0 Å². The van der Waals surface area contributed by atoms with Crippen LogP contribution >= 0.6 is 0 Å². The molecule has 3 rings (SSSR count). The number of aliphatic hydroxyl groups is 2. The van der Waals surface area contributed by atoms with Crippen molar-refractivity contribution in [2.24, 2.45) is 0 Å². The molecule has 5 heteroatoms. The first kappa shape index (κ1) is 12.1. The van der Waals surface area contributed by atoms with Gasteiger partial charge in [0.15, 0.2) is 11.5 Å². The van der Waals surface area contributed by atoms with Crippen LogP contribution in [0, 0.1) is 0 Å². The zero-order valence-corrected chi connectivity index (χ0v) is 10.2. The van der Waals surface area contributed by atoms with Gasteiger partial charge in [-0.1, -0.05) is 24.3 Å². The summed E-state index contributed by atoms with van der Waals surface area (Å²) in [5.74, 6) is -1.04. The molecule has 5 nitrogen and oxygen atoms in total. The van der Waals surface area contributed by atoms with Crippen LogP contribution in [0.1, 0.15) is 27.6 Å². The number of carbonyl (C=O) groups is 2. The number of fused-ring (bicyclic) bond motifs is 1. The van der Waals surface area contributed by atoms with Gasteiger partial charge >= 0.3 is 0 Å². The maximum Gasteiger partial charge on any atom is 0.228 e. The minimum absolute atomic E-state index is 0.144. The molecule has 1 aliphatic heterocycles. The van der Waals surface area contributed by atoms with E-state index in [0.29, 0.717) is 0 Å². The number of ether oxygens (including phenoxy) is 1. The van der Waals surface area contributed by atoms with Crippen molar-refractivity contribution in [1.29, 1.82) is 0 Å². The summed E-state index contributed by atoms with van der Waals surface area (Å²) in [6.45, 7) is 1.54. The molecule has 1 aromatic rings. The quantitative estimate of drug-likeness (QED) is 0.708. The lowest BCUT2D eigenvalue weighted by atomic mass is 9.82. The molecule has 0 saturated heterocycles. The minimum atomic E-state index is -1.40. The van der Waals surface area contributed by atoms with Crippen LogP contribution in [-0.2, 0) is 4.74 Å². The second kappa shape index (κ2) is 4.01. The van der Waals surface area contributed by atoms with E-state index in [1.165, 1.54) is 13.0 Å². The molecule has 3 atom stereocenters. The van der Waals surface area contributed by atoms with E-state index < -0.39 is 29.9 Å². The SMILES string of the molecule is C[C@H]1OC2=C(C(=O)c3ccccc3C2=O)[C@H](O)[C@@H]1O. The molecule has 2 N–H and O–H groups in total. The third kappa shape index (κ3) is 1.55. The monoisotopic (exact) mass is 260 g/mol. The molecular weight excluding hydrogens is 248 g/mol. The molecule has 0 aromatic heterocycles. The number of Topliss-reactive ketones (excluding diaryl/α,β-unsaturated/α-hetero) is 2. The van der Waals surface area contributed by atoms with Crippen LogP contribution in [0.25, 0.3) is 0 Å². The molecule has 2 aliphatic rings. The van der Waals surface area contributed by atoms with Crippen LogP contribution in [0.2, 0.25) is 0 Å². The summed E-state index contributed by atoms with van der Waals surface area (Å²) in [5, 5.41) is 19.8. The van der Waals surface area contributed by atoms with E-state index in [1.807, 2.05) is 0 Å². The van der Waals surface area contributed by atoms with E-state index in [0.717, 1.165) is 0 Å². The Kier molecular flexibility index (Phi) is 2.55. The van der Waals surface area contributed by atoms with Gasteiger partial charge in [0.1, 0.15) is 18.3 Å². The van der Waals surface area contributed by atoms with Gasteiger partial charge in [-0.15, -0.1) is 0 Å². The van der Waals surface area contributed by atoms with Gasteiger partial charge in [-0.2, -0.15) is 0 Å². The van der Waals surface area contributed by atoms with E-state index in [1.54, 1.807) is 18.2 Å². The molecule has 1 aromatic carbocycles. The van der Waals surface area contributed by atoms with Crippen molar-refractivity contribution in [1.82, 2.24) is 0 Å². The number of rotatable bonds is 0. The fourth-order valence-corrected chi connectivity index (χ4v) is 2.44. The second-order valence-corrected chi connectivity index (χ2v) is 4.71. The van der Waals surface area contributed by atoms with Crippen molar-refractivity contribution >= 4 is 11.6 Å². The maximum atomic E-state index is 12.3. The molecule has 0 bridgehead atoms. The average molecular weight is 260 g/mol. The first-order chi connectivity index (χ1) is 9.02. The van der Waals surface area contributed by atoms with Gasteiger partial charge in [-0.05, 0) is 6.92 Å². The van der Waals surface area contributed by atoms with Crippen molar-refractivity contribution in [3.63, 3.8) is 0 Å². The van der Waals surface area contributed by atoms with Crippen LogP contribution in [0.4, 0.5) is 0 Å². The number of carbonyl (C=O) groups excluding carboxylic acids is 2. The van der Waals surface area contributed by atoms with E-state index in [2.05, 4.69) is 0 Å². The highest BCUT2D eigenvalue weighted by molar-refractivity contribution is 6.26. The lowest BCUT2D eigenvalue weighted by molar-refractivity contribution is -0.0682. The zero-order chi connectivity index (χ0) is 13.7. The topological polar surface area (TPSA) is 83.8 Å². The van der Waals surface area contributed by atoms with Gasteiger partial charge in [-0.25, -0.2) is 0 Å². The number of hydrogen-bond donors (Lipinski definition) is 2. The highest BCUT2D eigenvalue weighted by Crippen LogP contribution is 2.34. The Balaban J connectivity index is 2.20. The van der Waals surface area contributed by atoms with Gasteiger partial charge in [0.05, 0.1) is 5.57 Å². The molecule has 0 amide bonds. The van der Waals surface area contributed by atoms with Gasteiger partial charge < -0.3 is 14.9 Å². The van der Waals surface area contributed by atoms with Crippen molar-refractivity contribution < 1.29 is 24.5 Å². The Hall–Kier alpha value is -1.98. The Labute approximate surface area is 109 Å². The summed E-state index contributed by atoms with van der Waals surface area (Å²) in [4.78, 5) is 24.6. The molecule has 19 heavy (non-hydrogen) atoms. The average Bonchev–Trinajstić information content (AvgIpc) is 2.42. The third-order valence-corrected chi connectivity index (χ3v) is 3.52. The third-order valence-electron chi connectivity index (χ3n) is 3.52. The number of ketones is 2. The molecule has 0 radical (unpaired) electrons. The van der Waals surface area contributed by atoms with Crippen molar-refractivity contribution in [3.05, 3.63) is 46.7 Å². The van der Waals surface area contributed by atoms with E-state index >= 15 is 0 Å². The van der Waals surface area contributed by atoms with Crippen molar-refractivity contribution in [2.45, 2.75) is 25.2 Å². The van der Waals surface area contributed by atoms with Gasteiger partial charge in [0.25, 0.3) is 0 Å². The zero-order valence-electron chi connectivity index (χ0n) is 10.2. The Morgan fingerprint density at radius 3 is 2.26 bits per heavy atom. The molecule has 0 unspecified atom stereocenters. The normalized spacial score (nSPS) is 29.7. The Morgan fingerprint density at radius 1 is 1.05 bits per heavy atom. The maximum absolute atomic E-state index is 12.3. The Bertz CT molecular complexity index is 616. The van der Waals surface area contributed by atoms with Gasteiger partial charge in [-0.3, -0.25) is 9.59 Å². The molecule has 0 fully saturated rings. The number of allylic oxidation sites excluding steroid dienone is 1. The first-order valence-corrected chi connectivity index (χ1v) is 5.97. The van der Waals surface area contributed by atoms with Crippen LogP contribution < -0.4 is 0 Å². The van der Waals surface area contributed by atoms with Crippen LogP contribution in [0.3, 0.4) is 0 Å². The van der Waals surface area contributed by atoms with E-state index in [9.17, 15) is 19.8 Å². The smallest absolute Gasteiger partial charge is 0.228 e. The highest BCUT2D eigenvalue weighted by atomic mass is 16.5. The minimum Gasteiger partial charge on any atom is -0.483 e. The van der Waals surface area contributed by atoms with Crippen LogP contribution in [0.15, 0.2) is 35.6 Å². The summed E-state index contributed by atoms with van der Waals surface area (Å²) in [5.41, 5.74) is 0.354. The summed E-state index contributed by atoms with van der Waals surface area (Å²) >= 11 is 0. The Morgan fingerprint density at radius 2 is 1.63 bits per heavy atom. The standard InChI is InChI=1S/C14H12O5/c1-6-10(15)13(18)9-11(16)7-4-2-3-5-8(7)12(17)14(9)19-6/h2-6,10,13,15,18H,1H3/t6-,10-,13+/m1/s1. The number of aliphatic hydroxyl groups excluding tert-OH is 2. The fraction of sp³-hybridized carbons (Fsp3) is 0.286. The van der Waals surface area contributed by atoms with E-state index in [4.69, 9.17) is 4.74 Å². The van der Waals surface area contributed by atoms with Crippen LogP contribution in [0.5, 0.6) is 0 Å².